The fourth-order valence-corrected chi connectivity index (χ4v) is 10.2. The topological polar surface area (TPSA) is 123 Å². The molecule has 0 radical (unpaired) electrons. The van der Waals surface area contributed by atoms with E-state index in [9.17, 15) is 35.9 Å². The van der Waals surface area contributed by atoms with Crippen molar-refractivity contribution in [3.8, 4) is 5.75 Å². The quantitative estimate of drug-likeness (QED) is 0.0570. The summed E-state index contributed by atoms with van der Waals surface area (Å²) in [5.74, 6) is 0.631. The highest BCUT2D eigenvalue weighted by atomic mass is 28.4. The van der Waals surface area contributed by atoms with Gasteiger partial charge in [-0.1, -0.05) is 6.08 Å². The average Bonchev–Trinajstić information content (AvgIpc) is 3.15. The van der Waals surface area contributed by atoms with Crippen LogP contribution in [0.1, 0.15) is 62.8 Å². The van der Waals surface area contributed by atoms with Crippen molar-refractivity contribution in [3.63, 3.8) is 0 Å². The number of aromatic nitrogens is 1. The maximum atomic E-state index is 13.6. The number of piperidine rings is 3. The maximum Gasteiger partial charge on any atom is 0.500 e. The minimum Gasteiger partial charge on any atom is -0.410 e. The molecule has 56 heavy (non-hydrogen) atoms. The van der Waals surface area contributed by atoms with Crippen LogP contribution >= 0.6 is 0 Å². The van der Waals surface area contributed by atoms with Crippen LogP contribution < -0.4 is 20.7 Å². The molecule has 3 aliphatic rings. The molecule has 3 saturated heterocycles. The molecule has 306 valence electrons. The van der Waals surface area contributed by atoms with E-state index in [-0.39, 0.29) is 36.2 Å². The highest BCUT2D eigenvalue weighted by molar-refractivity contribution is 6.60. The van der Waals surface area contributed by atoms with Gasteiger partial charge in [0.15, 0.2) is 0 Å². The van der Waals surface area contributed by atoms with E-state index in [0.29, 0.717) is 80.4 Å². The number of carbonyl (C=O) groups is 2. The lowest BCUT2D eigenvalue weighted by atomic mass is 9.73. The number of amides is 3. The van der Waals surface area contributed by atoms with Crippen LogP contribution in [0.5, 0.6) is 5.75 Å². The van der Waals surface area contributed by atoms with Gasteiger partial charge in [0.25, 0.3) is 0 Å². The molecule has 0 aliphatic carbocycles. The van der Waals surface area contributed by atoms with Crippen LogP contribution in [0, 0.1) is 11.8 Å². The van der Waals surface area contributed by atoms with Crippen molar-refractivity contribution in [2.75, 3.05) is 44.8 Å². The molecular weight excluding hydrogens is 765 g/mol. The first-order valence-corrected chi connectivity index (χ1v) is 20.5. The molecule has 4 heterocycles. The Balaban J connectivity index is 1.39. The summed E-state index contributed by atoms with van der Waals surface area (Å²) in [5, 5.41) is 8.31. The molecule has 2 aromatic carbocycles. The van der Waals surface area contributed by atoms with Crippen molar-refractivity contribution >= 4 is 37.5 Å². The summed E-state index contributed by atoms with van der Waals surface area (Å²) in [4.78, 5) is 33.1. The molecule has 1 aromatic heterocycles. The van der Waals surface area contributed by atoms with E-state index in [1.165, 1.54) is 0 Å². The Hall–Kier alpha value is -4.23. The number of hydrogen-bond donors (Lipinski definition) is 3. The lowest BCUT2D eigenvalue weighted by Gasteiger charge is -2.51. The summed E-state index contributed by atoms with van der Waals surface area (Å²) in [6.07, 6.45) is -5.43. The Morgan fingerprint density at radius 1 is 0.982 bits per heavy atom. The van der Waals surface area contributed by atoms with Crippen LogP contribution in [0.25, 0.3) is 10.9 Å². The molecule has 6 rings (SSSR count). The van der Waals surface area contributed by atoms with Gasteiger partial charge < -0.3 is 34.0 Å². The third-order valence-electron chi connectivity index (χ3n) is 9.99. The number of fused-ring (bicyclic) bond motifs is 4. The smallest absolute Gasteiger partial charge is 0.410 e. The minimum atomic E-state index is -5.09. The summed E-state index contributed by atoms with van der Waals surface area (Å²) in [5.41, 5.74) is -2.73. The second kappa shape index (κ2) is 18.4. The van der Waals surface area contributed by atoms with Gasteiger partial charge in [-0.05, 0) is 106 Å². The van der Waals surface area contributed by atoms with Crippen molar-refractivity contribution in [1.29, 1.82) is 0 Å². The molecule has 3 aromatic rings. The molecule has 3 N–H and O–H groups in total. The van der Waals surface area contributed by atoms with Crippen LogP contribution in [0.3, 0.4) is 0 Å². The van der Waals surface area contributed by atoms with Gasteiger partial charge in [0.1, 0.15) is 5.75 Å². The summed E-state index contributed by atoms with van der Waals surface area (Å²) in [7, 11) is -2.90. The molecule has 18 heteroatoms. The Morgan fingerprint density at radius 2 is 1.64 bits per heavy atom. The fourth-order valence-electron chi connectivity index (χ4n) is 7.56. The number of urea groups is 1. The zero-order valence-electron chi connectivity index (χ0n) is 31.4. The molecule has 3 fully saturated rings. The second-order valence-electron chi connectivity index (χ2n) is 13.6. The number of nitrogens with one attached hydrogen (secondary N) is 3. The van der Waals surface area contributed by atoms with E-state index < -0.39 is 56.1 Å². The number of alkyl halides is 6. The van der Waals surface area contributed by atoms with Gasteiger partial charge in [-0.25, -0.2) is 9.59 Å². The van der Waals surface area contributed by atoms with Crippen molar-refractivity contribution < 1.29 is 53.9 Å². The molecule has 0 spiro atoms. The van der Waals surface area contributed by atoms with E-state index in [1.54, 1.807) is 30.5 Å². The van der Waals surface area contributed by atoms with Crippen molar-refractivity contribution in [3.05, 3.63) is 78.0 Å². The Morgan fingerprint density at radius 3 is 2.21 bits per heavy atom. The average molecular weight is 812 g/mol. The highest BCUT2D eigenvalue weighted by Gasteiger charge is 2.44. The van der Waals surface area contributed by atoms with Crippen LogP contribution in [0.2, 0.25) is 6.04 Å². The van der Waals surface area contributed by atoms with Crippen molar-refractivity contribution in [2.24, 2.45) is 11.8 Å². The fraction of sp³-hybridized carbons (Fsp3) is 0.500. The van der Waals surface area contributed by atoms with Crippen LogP contribution in [-0.4, -0.2) is 76.3 Å². The first kappa shape index (κ1) is 42.9. The van der Waals surface area contributed by atoms with Crippen LogP contribution in [0.4, 0.5) is 41.6 Å². The van der Waals surface area contributed by atoms with E-state index >= 15 is 0 Å². The van der Waals surface area contributed by atoms with Crippen LogP contribution in [0.15, 0.2) is 61.3 Å². The van der Waals surface area contributed by atoms with Gasteiger partial charge >= 0.3 is 33.3 Å². The van der Waals surface area contributed by atoms with Gasteiger partial charge in [0, 0.05) is 62.3 Å². The predicted molar refractivity (Wildman–Crippen MR) is 199 cm³/mol. The van der Waals surface area contributed by atoms with E-state index in [1.807, 2.05) is 26.8 Å². The third kappa shape index (κ3) is 10.6. The molecule has 11 nitrogen and oxygen atoms in total. The lowest BCUT2D eigenvalue weighted by Crippen LogP contribution is -2.57. The van der Waals surface area contributed by atoms with Crippen molar-refractivity contribution in [1.82, 2.24) is 20.5 Å². The largest absolute Gasteiger partial charge is 0.500 e. The highest BCUT2D eigenvalue weighted by Crippen LogP contribution is 2.43. The lowest BCUT2D eigenvalue weighted by molar-refractivity contribution is -0.143. The number of anilines is 1. The summed E-state index contributed by atoms with van der Waals surface area (Å²) >= 11 is 0. The van der Waals surface area contributed by atoms with E-state index in [0.717, 1.165) is 6.42 Å². The monoisotopic (exact) mass is 811 g/mol. The number of hydrogen-bond acceptors (Lipinski definition) is 8. The number of benzene rings is 2. The van der Waals surface area contributed by atoms with Crippen molar-refractivity contribution in [2.45, 2.75) is 70.5 Å². The van der Waals surface area contributed by atoms with Gasteiger partial charge in [0.2, 0.25) is 0 Å². The summed E-state index contributed by atoms with van der Waals surface area (Å²) in [6.45, 7) is 12.4. The van der Waals surface area contributed by atoms with E-state index in [2.05, 4.69) is 32.4 Å². The van der Waals surface area contributed by atoms with Crippen LogP contribution in [-0.2, 0) is 25.6 Å². The maximum absolute atomic E-state index is 13.6. The standard InChI is InChI=1S/C38H47F6N5O6Si/c1-5-24-23-49-16-13-25(24)18-33(49)34(48-35(50)47-28-20-26(37(39,40)41)19-27(21-28)38(42,43)44)30-12-15-45-32-11-10-29(22-31(30)32)55-36(51)46-14-9-17-56(52-6-2,53-7-3)54-8-4/h5,10-12,15,19-22,24-25,33-34H,1,6-9,13-14,16-18,23H2,2-4H3,(H,46,51)(H2,47,48,50)/t24-,25?,33-,34-/m0/s1. The first-order valence-electron chi connectivity index (χ1n) is 18.6. The van der Waals surface area contributed by atoms with Gasteiger partial charge in [-0.2, -0.15) is 26.3 Å². The Bertz CT molecular complexity index is 1800. The molecule has 2 bridgehead atoms. The minimum absolute atomic E-state index is 0.00345. The summed E-state index contributed by atoms with van der Waals surface area (Å²) in [6, 6.07) is 5.77. The number of ether oxygens (including phenoxy) is 1. The number of rotatable bonds is 16. The zero-order valence-corrected chi connectivity index (χ0v) is 32.4. The number of pyridine rings is 1. The Labute approximate surface area is 322 Å². The molecule has 3 amide bonds. The van der Waals surface area contributed by atoms with Gasteiger partial charge in [-0.3, -0.25) is 9.88 Å². The number of nitrogens with zero attached hydrogens (tertiary/aromatic N) is 2. The van der Waals surface area contributed by atoms with E-state index in [4.69, 9.17) is 18.0 Å². The number of halogens is 6. The molecule has 5 atom stereocenters. The van der Waals surface area contributed by atoms with Gasteiger partial charge in [0.05, 0.1) is 22.7 Å². The normalized spacial score (nSPS) is 20.4. The first-order chi connectivity index (χ1) is 26.6. The molecule has 2 unspecified atom stereocenters. The third-order valence-corrected chi connectivity index (χ3v) is 13.1. The zero-order chi connectivity index (χ0) is 40.7. The second-order valence-corrected chi connectivity index (χ2v) is 16.3. The predicted octanol–water partition coefficient (Wildman–Crippen LogP) is 8.56. The summed E-state index contributed by atoms with van der Waals surface area (Å²) < 4.78 is 105. The molecule has 0 saturated carbocycles. The molecular formula is C38H47F6N5O6Si. The Kier molecular flexibility index (Phi) is 14.1. The van der Waals surface area contributed by atoms with Gasteiger partial charge in [-0.15, -0.1) is 6.58 Å². The molecule has 3 aliphatic heterocycles. The SMILES string of the molecule is C=C[C@H]1CN2CCC1C[C@H]2[C@@H](NC(=O)Nc1cc(C(F)(F)F)cc(C(F)(F)F)c1)c1ccnc2ccc(OC(=O)NCCC[Si](OCC)(OCC)OCC)cc12. The number of carbonyl (C=O) groups excluding carboxylic acids is 2.